The van der Waals surface area contributed by atoms with Gasteiger partial charge in [-0.1, -0.05) is 24.3 Å². The Balaban J connectivity index is 1.74. The summed E-state index contributed by atoms with van der Waals surface area (Å²) < 4.78 is 20.2. The van der Waals surface area contributed by atoms with Crippen molar-refractivity contribution in [1.29, 1.82) is 0 Å². The maximum Gasteiger partial charge on any atom is 0.287 e. The molecule has 2 N–H and O–H groups in total. The smallest absolute Gasteiger partial charge is 0.287 e. The van der Waals surface area contributed by atoms with Crippen molar-refractivity contribution in [3.8, 4) is 0 Å². The summed E-state index contributed by atoms with van der Waals surface area (Å²) in [6.45, 7) is 0.961. The lowest BCUT2D eigenvalue weighted by Crippen LogP contribution is -2.29. The van der Waals surface area contributed by atoms with Gasteiger partial charge in [-0.25, -0.2) is 9.37 Å². The maximum atomic E-state index is 13.7. The second-order valence-corrected chi connectivity index (χ2v) is 6.09. The van der Waals surface area contributed by atoms with Crippen LogP contribution in [0.2, 0.25) is 0 Å². The van der Waals surface area contributed by atoms with Crippen LogP contribution >= 0.6 is 0 Å². The van der Waals surface area contributed by atoms with Gasteiger partial charge >= 0.3 is 0 Å². The van der Waals surface area contributed by atoms with Gasteiger partial charge in [0.05, 0.1) is 12.1 Å². The van der Waals surface area contributed by atoms with E-state index >= 15 is 0 Å². The molecule has 0 spiro atoms. The third kappa shape index (κ3) is 4.34. The number of rotatable bonds is 8. The summed E-state index contributed by atoms with van der Waals surface area (Å²) in [5.74, 6) is -1.03. The van der Waals surface area contributed by atoms with Crippen molar-refractivity contribution in [3.05, 3.63) is 71.6 Å². The Morgan fingerprint density at radius 1 is 1.07 bits per heavy atom. The van der Waals surface area contributed by atoms with E-state index in [9.17, 15) is 14.0 Å². The molecule has 3 rings (SSSR count). The average Bonchev–Trinajstić information content (AvgIpc) is 3.09. The molecule has 2 amide bonds. The number of carbonyl (C=O) groups excluding carboxylic acids is 2. The zero-order chi connectivity index (χ0) is 19.9. The van der Waals surface area contributed by atoms with Gasteiger partial charge in [-0.3, -0.25) is 14.0 Å². The van der Waals surface area contributed by atoms with E-state index in [-0.39, 0.29) is 29.8 Å². The number of hydrogen-bond acceptors (Lipinski definition) is 4. The van der Waals surface area contributed by atoms with Gasteiger partial charge in [0.25, 0.3) is 11.8 Å². The van der Waals surface area contributed by atoms with Crippen molar-refractivity contribution in [2.45, 2.75) is 6.42 Å². The Hall–Kier alpha value is -3.26. The van der Waals surface area contributed by atoms with E-state index in [1.807, 2.05) is 0 Å². The van der Waals surface area contributed by atoms with Crippen LogP contribution in [0.4, 0.5) is 4.39 Å². The standard InChI is InChI=1S/C20H21FN4O3/c1-28-13-11-23-19(26)17-16-8-4-5-12-25(16)18(24-17)20(27)22-10-9-14-6-2-3-7-15(14)21/h2-8,12H,9-11,13H2,1H3,(H,22,27)(H,23,26). The molecule has 146 valence electrons. The number of ether oxygens (including phenoxy) is 1. The molecule has 0 aliphatic carbocycles. The summed E-state index contributed by atoms with van der Waals surface area (Å²) in [5.41, 5.74) is 1.21. The number of halogens is 1. The van der Waals surface area contributed by atoms with Crippen molar-refractivity contribution in [1.82, 2.24) is 20.0 Å². The first kappa shape index (κ1) is 19.5. The zero-order valence-corrected chi connectivity index (χ0v) is 15.4. The van der Waals surface area contributed by atoms with Crippen molar-refractivity contribution in [3.63, 3.8) is 0 Å². The summed E-state index contributed by atoms with van der Waals surface area (Å²) in [6, 6.07) is 11.7. The summed E-state index contributed by atoms with van der Waals surface area (Å²) in [4.78, 5) is 29.2. The number of carbonyl (C=O) groups is 2. The second-order valence-electron chi connectivity index (χ2n) is 6.09. The first-order chi connectivity index (χ1) is 13.6. The van der Waals surface area contributed by atoms with Gasteiger partial charge < -0.3 is 15.4 Å². The van der Waals surface area contributed by atoms with Gasteiger partial charge in [-0.15, -0.1) is 0 Å². The minimum Gasteiger partial charge on any atom is -0.383 e. The molecule has 0 atom stereocenters. The lowest BCUT2D eigenvalue weighted by atomic mass is 10.1. The van der Waals surface area contributed by atoms with Crippen LogP contribution in [0, 0.1) is 5.82 Å². The van der Waals surface area contributed by atoms with Gasteiger partial charge in [0, 0.05) is 26.4 Å². The van der Waals surface area contributed by atoms with E-state index in [0.717, 1.165) is 0 Å². The highest BCUT2D eigenvalue weighted by Gasteiger charge is 2.21. The highest BCUT2D eigenvalue weighted by atomic mass is 19.1. The largest absolute Gasteiger partial charge is 0.383 e. The molecule has 0 saturated heterocycles. The number of pyridine rings is 1. The topological polar surface area (TPSA) is 84.7 Å². The highest BCUT2D eigenvalue weighted by Crippen LogP contribution is 2.13. The fourth-order valence-corrected chi connectivity index (χ4v) is 2.81. The van der Waals surface area contributed by atoms with Crippen molar-refractivity contribution in [2.75, 3.05) is 26.8 Å². The molecular formula is C20H21FN4O3. The number of benzene rings is 1. The Bertz CT molecular complexity index is 986. The van der Waals surface area contributed by atoms with Crippen molar-refractivity contribution < 1.29 is 18.7 Å². The molecule has 0 radical (unpaired) electrons. The van der Waals surface area contributed by atoms with Gasteiger partial charge in [-0.05, 0) is 30.2 Å². The second kappa shape index (κ2) is 9.09. The first-order valence-electron chi connectivity index (χ1n) is 8.87. The van der Waals surface area contributed by atoms with E-state index < -0.39 is 5.91 Å². The Morgan fingerprint density at radius 2 is 1.82 bits per heavy atom. The molecule has 3 aromatic rings. The molecule has 7 nitrogen and oxygen atoms in total. The van der Waals surface area contributed by atoms with E-state index in [1.54, 1.807) is 54.1 Å². The molecule has 2 heterocycles. The molecule has 1 aromatic carbocycles. The Morgan fingerprint density at radius 3 is 2.61 bits per heavy atom. The van der Waals surface area contributed by atoms with Crippen LogP contribution < -0.4 is 10.6 Å². The SMILES string of the molecule is COCCNC(=O)c1nc(C(=O)NCCc2ccccc2F)n2ccccc12. The lowest BCUT2D eigenvalue weighted by molar-refractivity contribution is 0.0934. The average molecular weight is 384 g/mol. The lowest BCUT2D eigenvalue weighted by Gasteiger charge is -2.05. The quantitative estimate of drug-likeness (QED) is 0.580. The minimum atomic E-state index is -0.437. The van der Waals surface area contributed by atoms with Crippen LogP contribution in [0.5, 0.6) is 0 Å². The van der Waals surface area contributed by atoms with Crippen molar-refractivity contribution in [2.24, 2.45) is 0 Å². The number of hydrogen-bond donors (Lipinski definition) is 2. The molecule has 2 aromatic heterocycles. The van der Waals surface area contributed by atoms with E-state index in [1.165, 1.54) is 6.07 Å². The van der Waals surface area contributed by atoms with Crippen LogP contribution in [-0.4, -0.2) is 48.0 Å². The van der Waals surface area contributed by atoms with Crippen LogP contribution in [0.25, 0.3) is 5.52 Å². The van der Waals surface area contributed by atoms with E-state index in [4.69, 9.17) is 4.74 Å². The Kier molecular flexibility index (Phi) is 6.33. The van der Waals surface area contributed by atoms with E-state index in [0.29, 0.717) is 30.7 Å². The zero-order valence-electron chi connectivity index (χ0n) is 15.4. The fourth-order valence-electron chi connectivity index (χ4n) is 2.81. The molecule has 0 aliphatic rings. The molecule has 0 bridgehead atoms. The molecular weight excluding hydrogens is 363 g/mol. The van der Waals surface area contributed by atoms with Crippen LogP contribution in [0.15, 0.2) is 48.7 Å². The number of methoxy groups -OCH3 is 1. The highest BCUT2D eigenvalue weighted by molar-refractivity contribution is 6.02. The maximum absolute atomic E-state index is 13.7. The third-order valence-electron chi connectivity index (χ3n) is 4.20. The summed E-state index contributed by atoms with van der Waals surface area (Å²) in [5, 5.41) is 5.43. The molecule has 0 saturated carbocycles. The molecule has 28 heavy (non-hydrogen) atoms. The normalized spacial score (nSPS) is 10.8. The molecule has 8 heteroatoms. The molecule has 0 aliphatic heterocycles. The number of nitrogens with one attached hydrogen (secondary N) is 2. The number of amides is 2. The fraction of sp³-hybridized carbons (Fsp3) is 0.250. The predicted octanol–water partition coefficient (Wildman–Crippen LogP) is 1.82. The van der Waals surface area contributed by atoms with Gasteiger partial charge in [0.15, 0.2) is 5.69 Å². The van der Waals surface area contributed by atoms with Gasteiger partial charge in [-0.2, -0.15) is 0 Å². The van der Waals surface area contributed by atoms with Crippen LogP contribution in [0.3, 0.4) is 0 Å². The molecule has 0 unspecified atom stereocenters. The van der Waals surface area contributed by atoms with Crippen LogP contribution in [0.1, 0.15) is 26.7 Å². The monoisotopic (exact) mass is 384 g/mol. The molecule has 0 fully saturated rings. The van der Waals surface area contributed by atoms with Gasteiger partial charge in [0.1, 0.15) is 5.82 Å². The summed E-state index contributed by atoms with van der Waals surface area (Å²) >= 11 is 0. The minimum absolute atomic E-state index is 0.0982. The number of nitrogens with zero attached hydrogens (tertiary/aromatic N) is 2. The predicted molar refractivity (Wildman–Crippen MR) is 102 cm³/mol. The number of fused-ring (bicyclic) bond motifs is 1. The third-order valence-corrected chi connectivity index (χ3v) is 4.20. The Labute approximate surface area is 161 Å². The van der Waals surface area contributed by atoms with E-state index in [2.05, 4.69) is 15.6 Å². The van der Waals surface area contributed by atoms with Crippen molar-refractivity contribution >= 4 is 17.3 Å². The number of aromatic nitrogens is 2. The summed E-state index contributed by atoms with van der Waals surface area (Å²) in [6.07, 6.45) is 2.02. The van der Waals surface area contributed by atoms with Crippen LogP contribution in [-0.2, 0) is 11.2 Å². The van der Waals surface area contributed by atoms with Gasteiger partial charge in [0.2, 0.25) is 5.82 Å². The number of imidazole rings is 1. The summed E-state index contributed by atoms with van der Waals surface area (Å²) in [7, 11) is 1.54. The first-order valence-corrected chi connectivity index (χ1v) is 8.87.